The average Bonchev–Trinajstić information content (AvgIpc) is 3.27. The highest BCUT2D eigenvalue weighted by Gasteiger charge is 2.10. The van der Waals surface area contributed by atoms with Crippen molar-refractivity contribution in [2.75, 3.05) is 25.1 Å². The zero-order chi connectivity index (χ0) is 21.0. The topological polar surface area (TPSA) is 82.0 Å². The lowest BCUT2D eigenvalue weighted by Gasteiger charge is -2.13. The Kier molecular flexibility index (Phi) is 8.29. The summed E-state index contributed by atoms with van der Waals surface area (Å²) in [6.45, 7) is 5.25. The van der Waals surface area contributed by atoms with Gasteiger partial charge in [-0.15, -0.1) is 0 Å². The molecule has 0 saturated carbocycles. The van der Waals surface area contributed by atoms with Gasteiger partial charge in [-0.2, -0.15) is 0 Å². The molecule has 3 N–H and O–H groups in total. The number of anilines is 1. The van der Waals surface area contributed by atoms with E-state index in [1.807, 2.05) is 68.0 Å². The van der Waals surface area contributed by atoms with Gasteiger partial charge in [-0.1, -0.05) is 18.2 Å². The molecule has 3 aromatic rings. The Labute approximate surface area is 177 Å². The molecule has 0 radical (unpaired) electrons. The molecular formula is C23H29N4O3+. The molecule has 1 aromatic heterocycles. The number of nitrogens with two attached hydrogens (primary N) is 1. The Hall–Kier alpha value is -3.32. The molecule has 0 bridgehead atoms. The number of quaternary nitrogens is 1. The predicted octanol–water partition coefficient (Wildman–Crippen LogP) is 2.45. The Morgan fingerprint density at radius 1 is 1.13 bits per heavy atom. The van der Waals surface area contributed by atoms with Crippen molar-refractivity contribution >= 4 is 11.6 Å². The SMILES string of the molecule is CCOc1cc(C[NH2+]CCCn2ccnc2)ccc1OCC(=O)Nc1ccccc1. The van der Waals surface area contributed by atoms with Crippen molar-refractivity contribution in [1.82, 2.24) is 9.55 Å². The number of rotatable bonds is 12. The van der Waals surface area contributed by atoms with Crippen molar-refractivity contribution in [2.45, 2.75) is 26.4 Å². The third kappa shape index (κ3) is 6.93. The highest BCUT2D eigenvalue weighted by Crippen LogP contribution is 2.28. The summed E-state index contributed by atoms with van der Waals surface area (Å²) in [7, 11) is 0. The van der Waals surface area contributed by atoms with Crippen molar-refractivity contribution in [2.24, 2.45) is 0 Å². The third-order valence-corrected chi connectivity index (χ3v) is 4.49. The number of hydrogen-bond acceptors (Lipinski definition) is 4. The number of aryl methyl sites for hydroxylation is 1. The van der Waals surface area contributed by atoms with Crippen LogP contribution in [0.3, 0.4) is 0 Å². The number of para-hydroxylation sites is 1. The van der Waals surface area contributed by atoms with Gasteiger partial charge in [-0.3, -0.25) is 4.79 Å². The predicted molar refractivity (Wildman–Crippen MR) is 116 cm³/mol. The van der Waals surface area contributed by atoms with E-state index in [-0.39, 0.29) is 12.5 Å². The number of hydrogen-bond donors (Lipinski definition) is 2. The molecule has 0 unspecified atom stereocenters. The fourth-order valence-electron chi connectivity index (χ4n) is 3.03. The van der Waals surface area contributed by atoms with Crippen LogP contribution >= 0.6 is 0 Å². The number of imidazole rings is 1. The zero-order valence-electron chi connectivity index (χ0n) is 17.3. The van der Waals surface area contributed by atoms with Gasteiger partial charge >= 0.3 is 0 Å². The van der Waals surface area contributed by atoms with Gasteiger partial charge in [-0.25, -0.2) is 4.98 Å². The second-order valence-corrected chi connectivity index (χ2v) is 6.85. The van der Waals surface area contributed by atoms with Crippen LogP contribution in [-0.2, 0) is 17.9 Å². The summed E-state index contributed by atoms with van der Waals surface area (Å²) in [5.41, 5.74) is 1.90. The highest BCUT2D eigenvalue weighted by molar-refractivity contribution is 5.91. The van der Waals surface area contributed by atoms with Crippen molar-refractivity contribution in [3.8, 4) is 11.5 Å². The molecule has 2 aromatic carbocycles. The largest absolute Gasteiger partial charge is 0.490 e. The average molecular weight is 410 g/mol. The molecule has 7 nitrogen and oxygen atoms in total. The zero-order valence-corrected chi connectivity index (χ0v) is 17.3. The fraction of sp³-hybridized carbons (Fsp3) is 0.304. The molecule has 1 heterocycles. The molecular weight excluding hydrogens is 380 g/mol. The Bertz CT molecular complexity index is 898. The van der Waals surface area contributed by atoms with E-state index in [2.05, 4.69) is 20.2 Å². The first kappa shape index (κ1) is 21.4. The summed E-state index contributed by atoms with van der Waals surface area (Å²) in [6.07, 6.45) is 6.70. The maximum Gasteiger partial charge on any atom is 0.262 e. The van der Waals surface area contributed by atoms with Crippen molar-refractivity contribution < 1.29 is 19.6 Å². The van der Waals surface area contributed by atoms with Gasteiger partial charge < -0.3 is 24.7 Å². The van der Waals surface area contributed by atoms with Gasteiger partial charge in [0.05, 0.1) is 19.5 Å². The lowest BCUT2D eigenvalue weighted by atomic mass is 10.2. The molecule has 7 heteroatoms. The summed E-state index contributed by atoms with van der Waals surface area (Å²) in [4.78, 5) is 16.2. The maximum atomic E-state index is 12.1. The Balaban J connectivity index is 1.46. The molecule has 0 spiro atoms. The maximum absolute atomic E-state index is 12.1. The molecule has 0 fully saturated rings. The van der Waals surface area contributed by atoms with Gasteiger partial charge in [0.15, 0.2) is 18.1 Å². The molecule has 0 aliphatic rings. The van der Waals surface area contributed by atoms with Crippen molar-refractivity contribution in [3.05, 3.63) is 72.8 Å². The summed E-state index contributed by atoms with van der Waals surface area (Å²) in [5.74, 6) is 1.03. The van der Waals surface area contributed by atoms with Gasteiger partial charge in [0.1, 0.15) is 6.54 Å². The van der Waals surface area contributed by atoms with E-state index in [1.54, 1.807) is 6.20 Å². The summed E-state index contributed by atoms with van der Waals surface area (Å²) >= 11 is 0. The molecule has 1 amide bonds. The van der Waals surface area contributed by atoms with Crippen LogP contribution in [0.15, 0.2) is 67.3 Å². The van der Waals surface area contributed by atoms with Crippen molar-refractivity contribution in [1.29, 1.82) is 0 Å². The monoisotopic (exact) mass is 409 g/mol. The number of nitrogens with zero attached hydrogens (tertiary/aromatic N) is 2. The summed E-state index contributed by atoms with van der Waals surface area (Å²) in [6, 6.07) is 15.2. The first-order chi connectivity index (χ1) is 14.7. The summed E-state index contributed by atoms with van der Waals surface area (Å²) < 4.78 is 13.5. The lowest BCUT2D eigenvalue weighted by molar-refractivity contribution is -0.671. The van der Waals surface area contributed by atoms with Crippen LogP contribution in [0.4, 0.5) is 5.69 Å². The van der Waals surface area contributed by atoms with Crippen LogP contribution in [0.25, 0.3) is 0 Å². The highest BCUT2D eigenvalue weighted by atomic mass is 16.5. The van der Waals surface area contributed by atoms with Crippen LogP contribution in [0.2, 0.25) is 0 Å². The Morgan fingerprint density at radius 2 is 2.00 bits per heavy atom. The van der Waals surface area contributed by atoms with E-state index in [0.29, 0.717) is 18.1 Å². The quantitative estimate of drug-likeness (QED) is 0.450. The minimum Gasteiger partial charge on any atom is -0.490 e. The normalized spacial score (nSPS) is 10.6. The second-order valence-electron chi connectivity index (χ2n) is 6.85. The van der Waals surface area contributed by atoms with Crippen LogP contribution in [0.5, 0.6) is 11.5 Å². The minimum absolute atomic E-state index is 0.0747. The second kappa shape index (κ2) is 11.6. The van der Waals surface area contributed by atoms with E-state index in [0.717, 1.165) is 37.3 Å². The van der Waals surface area contributed by atoms with E-state index in [9.17, 15) is 4.79 Å². The van der Waals surface area contributed by atoms with Crippen LogP contribution < -0.4 is 20.1 Å². The number of aromatic nitrogens is 2. The molecule has 0 aliphatic heterocycles. The van der Waals surface area contributed by atoms with Gasteiger partial charge in [-0.05, 0) is 37.3 Å². The third-order valence-electron chi connectivity index (χ3n) is 4.49. The molecule has 0 atom stereocenters. The number of carbonyl (C=O) groups is 1. The Morgan fingerprint density at radius 3 is 2.77 bits per heavy atom. The molecule has 30 heavy (non-hydrogen) atoms. The smallest absolute Gasteiger partial charge is 0.262 e. The minimum atomic E-state index is -0.209. The standard InChI is InChI=1S/C23H28N4O3/c1-2-29-22-15-19(16-24-11-6-13-27-14-12-25-18-27)9-10-21(22)30-17-23(28)26-20-7-4-3-5-8-20/h3-5,7-10,12,14-15,18,24H,2,6,11,13,16-17H2,1H3,(H,26,28)/p+1. The molecule has 3 rings (SSSR count). The van der Waals surface area contributed by atoms with E-state index in [4.69, 9.17) is 9.47 Å². The number of amides is 1. The van der Waals surface area contributed by atoms with Gasteiger partial charge in [0, 0.05) is 36.6 Å². The van der Waals surface area contributed by atoms with E-state index in [1.165, 1.54) is 0 Å². The van der Waals surface area contributed by atoms with Gasteiger partial charge in [0.2, 0.25) is 0 Å². The van der Waals surface area contributed by atoms with Crippen molar-refractivity contribution in [3.63, 3.8) is 0 Å². The number of nitrogens with one attached hydrogen (secondary N) is 1. The fourth-order valence-corrected chi connectivity index (χ4v) is 3.03. The number of ether oxygens (including phenoxy) is 2. The van der Waals surface area contributed by atoms with Crippen LogP contribution in [-0.4, -0.2) is 35.2 Å². The first-order valence-corrected chi connectivity index (χ1v) is 10.3. The van der Waals surface area contributed by atoms with Crippen LogP contribution in [0, 0.1) is 0 Å². The first-order valence-electron chi connectivity index (χ1n) is 10.3. The molecule has 0 aliphatic carbocycles. The van der Waals surface area contributed by atoms with Gasteiger partial charge in [0.25, 0.3) is 5.91 Å². The number of benzene rings is 2. The molecule has 0 saturated heterocycles. The summed E-state index contributed by atoms with van der Waals surface area (Å²) in [5, 5.41) is 5.08. The van der Waals surface area contributed by atoms with E-state index >= 15 is 0 Å². The van der Waals surface area contributed by atoms with Crippen LogP contribution in [0.1, 0.15) is 18.9 Å². The lowest BCUT2D eigenvalue weighted by Crippen LogP contribution is -2.82. The van der Waals surface area contributed by atoms with E-state index < -0.39 is 0 Å². The number of carbonyl (C=O) groups excluding carboxylic acids is 1. The molecule has 158 valence electrons.